The number of hydrogen-bond donors (Lipinski definition) is 1. The van der Waals surface area contributed by atoms with Crippen LogP contribution in [0.25, 0.3) is 0 Å². The number of aromatic nitrogens is 2. The van der Waals surface area contributed by atoms with Crippen LogP contribution in [0, 0.1) is 13.8 Å². The number of nitrogens with one attached hydrogen (secondary N) is 1. The Kier molecular flexibility index (Phi) is 3.06. The highest BCUT2D eigenvalue weighted by atomic mass is 35.5. The molecule has 1 aromatic heterocycles. The van der Waals surface area contributed by atoms with Crippen molar-refractivity contribution in [3.05, 3.63) is 46.9 Å². The fourth-order valence-corrected chi connectivity index (χ4v) is 1.69. The van der Waals surface area contributed by atoms with Crippen LogP contribution >= 0.6 is 11.6 Å². The molecule has 0 atom stereocenters. The van der Waals surface area contributed by atoms with E-state index >= 15 is 0 Å². The summed E-state index contributed by atoms with van der Waals surface area (Å²) >= 11 is 5.86. The summed E-state index contributed by atoms with van der Waals surface area (Å²) in [5, 5.41) is 3.64. The van der Waals surface area contributed by atoms with Gasteiger partial charge in [0.15, 0.2) is 0 Å². The summed E-state index contributed by atoms with van der Waals surface area (Å²) in [4.78, 5) is 8.26. The Balaban J connectivity index is 2.27. The summed E-state index contributed by atoms with van der Waals surface area (Å²) in [6.07, 6.45) is 0. The zero-order valence-electron chi connectivity index (χ0n) is 9.16. The number of nitrogens with zero attached hydrogens (tertiary/aromatic N) is 2. The van der Waals surface area contributed by atoms with Gasteiger partial charge >= 0.3 is 0 Å². The minimum atomic E-state index is 0.447. The number of hydrogen-bond acceptors (Lipinski definition) is 3. The summed E-state index contributed by atoms with van der Waals surface area (Å²) < 4.78 is 0. The second kappa shape index (κ2) is 4.49. The maximum absolute atomic E-state index is 5.86. The lowest BCUT2D eigenvalue weighted by Gasteiger charge is -2.07. The summed E-state index contributed by atoms with van der Waals surface area (Å²) in [6, 6.07) is 9.78. The van der Waals surface area contributed by atoms with Crippen LogP contribution in [0.4, 0.5) is 11.5 Å². The third kappa shape index (κ3) is 2.70. The molecular formula is C12H12ClN3. The van der Waals surface area contributed by atoms with Crippen molar-refractivity contribution in [2.24, 2.45) is 0 Å². The van der Waals surface area contributed by atoms with E-state index in [9.17, 15) is 0 Å². The van der Waals surface area contributed by atoms with Gasteiger partial charge in [-0.15, -0.1) is 0 Å². The van der Waals surface area contributed by atoms with Crippen LogP contribution in [-0.4, -0.2) is 9.97 Å². The average Bonchev–Trinajstić information content (AvgIpc) is 2.15. The Morgan fingerprint density at radius 1 is 1.12 bits per heavy atom. The number of halogens is 1. The van der Waals surface area contributed by atoms with Gasteiger partial charge in [-0.25, -0.2) is 9.97 Å². The quantitative estimate of drug-likeness (QED) is 0.807. The van der Waals surface area contributed by atoms with Gasteiger partial charge in [-0.1, -0.05) is 23.7 Å². The Morgan fingerprint density at radius 2 is 1.94 bits per heavy atom. The molecule has 1 heterocycles. The first-order chi connectivity index (χ1) is 7.63. The van der Waals surface area contributed by atoms with Crippen molar-refractivity contribution in [1.82, 2.24) is 9.97 Å². The molecule has 1 N–H and O–H groups in total. The zero-order valence-corrected chi connectivity index (χ0v) is 9.92. The zero-order chi connectivity index (χ0) is 11.5. The van der Waals surface area contributed by atoms with Gasteiger partial charge < -0.3 is 5.32 Å². The SMILES string of the molecule is Cc1cccc(Nc2cc(Cl)nc(C)n2)c1. The lowest BCUT2D eigenvalue weighted by Crippen LogP contribution is -1.97. The first-order valence-corrected chi connectivity index (χ1v) is 5.36. The number of anilines is 2. The van der Waals surface area contributed by atoms with E-state index < -0.39 is 0 Å². The molecule has 0 amide bonds. The maximum atomic E-state index is 5.86. The average molecular weight is 234 g/mol. The third-order valence-corrected chi connectivity index (χ3v) is 2.29. The molecule has 0 fully saturated rings. The summed E-state index contributed by atoms with van der Waals surface area (Å²) in [5.74, 6) is 1.37. The first-order valence-electron chi connectivity index (χ1n) is 4.98. The molecule has 0 saturated heterocycles. The Hall–Kier alpha value is -1.61. The lowest BCUT2D eigenvalue weighted by molar-refractivity contribution is 1.06. The van der Waals surface area contributed by atoms with Crippen LogP contribution in [-0.2, 0) is 0 Å². The van der Waals surface area contributed by atoms with Gasteiger partial charge in [-0.05, 0) is 31.5 Å². The van der Waals surface area contributed by atoms with Crippen LogP contribution in [0.2, 0.25) is 5.15 Å². The van der Waals surface area contributed by atoms with Gasteiger partial charge in [0, 0.05) is 11.8 Å². The van der Waals surface area contributed by atoms with Crippen LogP contribution in [0.15, 0.2) is 30.3 Å². The Morgan fingerprint density at radius 3 is 2.62 bits per heavy atom. The van der Waals surface area contributed by atoms with E-state index in [2.05, 4.69) is 15.3 Å². The molecule has 0 bridgehead atoms. The molecule has 0 saturated carbocycles. The maximum Gasteiger partial charge on any atom is 0.135 e. The van der Waals surface area contributed by atoms with Crippen molar-refractivity contribution in [3.8, 4) is 0 Å². The minimum Gasteiger partial charge on any atom is -0.340 e. The molecular weight excluding hydrogens is 222 g/mol. The molecule has 4 heteroatoms. The summed E-state index contributed by atoms with van der Waals surface area (Å²) in [5.41, 5.74) is 2.19. The van der Waals surface area contributed by atoms with Crippen molar-refractivity contribution in [2.45, 2.75) is 13.8 Å². The number of benzene rings is 1. The molecule has 0 aliphatic rings. The number of rotatable bonds is 2. The molecule has 0 unspecified atom stereocenters. The second-order valence-corrected chi connectivity index (χ2v) is 4.00. The first kappa shape index (κ1) is 10.9. The second-order valence-electron chi connectivity index (χ2n) is 3.62. The van der Waals surface area contributed by atoms with Crippen LogP contribution in [0.1, 0.15) is 11.4 Å². The van der Waals surface area contributed by atoms with Crippen molar-refractivity contribution < 1.29 is 0 Å². The molecule has 0 aliphatic carbocycles. The van der Waals surface area contributed by atoms with Gasteiger partial charge in [0.1, 0.15) is 16.8 Å². The van der Waals surface area contributed by atoms with E-state index in [0.717, 1.165) is 5.69 Å². The van der Waals surface area contributed by atoms with Crippen molar-refractivity contribution in [1.29, 1.82) is 0 Å². The van der Waals surface area contributed by atoms with Gasteiger partial charge in [-0.3, -0.25) is 0 Å². The largest absolute Gasteiger partial charge is 0.340 e. The van der Waals surface area contributed by atoms with E-state index in [1.54, 1.807) is 6.07 Å². The summed E-state index contributed by atoms with van der Waals surface area (Å²) in [7, 11) is 0. The van der Waals surface area contributed by atoms with Crippen molar-refractivity contribution in [2.75, 3.05) is 5.32 Å². The number of aryl methyl sites for hydroxylation is 2. The fraction of sp³-hybridized carbons (Fsp3) is 0.167. The van der Waals surface area contributed by atoms with Crippen molar-refractivity contribution >= 4 is 23.1 Å². The van der Waals surface area contributed by atoms with Crippen LogP contribution in [0.5, 0.6) is 0 Å². The third-order valence-electron chi connectivity index (χ3n) is 2.10. The summed E-state index contributed by atoms with van der Waals surface area (Å²) in [6.45, 7) is 3.86. The Bertz CT molecular complexity index is 491. The molecule has 0 spiro atoms. The molecule has 1 aromatic carbocycles. The van der Waals surface area contributed by atoms with E-state index in [1.165, 1.54) is 5.56 Å². The fourth-order valence-electron chi connectivity index (χ4n) is 1.47. The van der Waals surface area contributed by atoms with Gasteiger partial charge in [-0.2, -0.15) is 0 Å². The molecule has 0 aliphatic heterocycles. The highest BCUT2D eigenvalue weighted by Crippen LogP contribution is 2.18. The standard InChI is InChI=1S/C12H12ClN3/c1-8-4-3-5-10(6-8)16-12-7-11(13)14-9(2)15-12/h3-7H,1-2H3,(H,14,15,16). The van der Waals surface area contributed by atoms with E-state index in [0.29, 0.717) is 16.8 Å². The predicted molar refractivity (Wildman–Crippen MR) is 66.2 cm³/mol. The minimum absolute atomic E-state index is 0.447. The van der Waals surface area contributed by atoms with E-state index in [-0.39, 0.29) is 0 Å². The monoisotopic (exact) mass is 233 g/mol. The van der Waals surface area contributed by atoms with Crippen LogP contribution in [0.3, 0.4) is 0 Å². The molecule has 82 valence electrons. The predicted octanol–water partition coefficient (Wildman–Crippen LogP) is 3.49. The van der Waals surface area contributed by atoms with E-state index in [1.807, 2.05) is 38.1 Å². The Labute approximate surface area is 99.5 Å². The topological polar surface area (TPSA) is 37.8 Å². The highest BCUT2D eigenvalue weighted by Gasteiger charge is 2.00. The smallest absolute Gasteiger partial charge is 0.135 e. The normalized spacial score (nSPS) is 10.2. The van der Waals surface area contributed by atoms with E-state index in [4.69, 9.17) is 11.6 Å². The molecule has 3 nitrogen and oxygen atoms in total. The molecule has 0 radical (unpaired) electrons. The molecule has 16 heavy (non-hydrogen) atoms. The van der Waals surface area contributed by atoms with Gasteiger partial charge in [0.2, 0.25) is 0 Å². The lowest BCUT2D eigenvalue weighted by atomic mass is 10.2. The molecule has 2 aromatic rings. The van der Waals surface area contributed by atoms with Crippen molar-refractivity contribution in [3.63, 3.8) is 0 Å². The highest BCUT2D eigenvalue weighted by molar-refractivity contribution is 6.29. The van der Waals surface area contributed by atoms with Gasteiger partial charge in [0.25, 0.3) is 0 Å². The van der Waals surface area contributed by atoms with Gasteiger partial charge in [0.05, 0.1) is 0 Å². The molecule has 2 rings (SSSR count). The van der Waals surface area contributed by atoms with Crippen LogP contribution < -0.4 is 5.32 Å².